The Morgan fingerprint density at radius 2 is 1.50 bits per heavy atom. The van der Waals surface area contributed by atoms with Crippen LogP contribution in [-0.2, 0) is 19.6 Å². The Hall–Kier alpha value is -0.970. The lowest BCUT2D eigenvalue weighted by Gasteiger charge is -2.29. The molecule has 0 saturated heterocycles. The first-order valence-electron chi connectivity index (χ1n) is 5.48. The molecule has 0 unspecified atom stereocenters. The molecule has 0 aliphatic heterocycles. The maximum atomic E-state index is 12.9. The summed E-state index contributed by atoms with van der Waals surface area (Å²) in [6.45, 7) is 0. The van der Waals surface area contributed by atoms with Crippen molar-refractivity contribution >= 4 is 16.1 Å². The van der Waals surface area contributed by atoms with E-state index in [0.717, 1.165) is 0 Å². The molecule has 1 aliphatic rings. The number of ether oxygens (including phenoxy) is 1. The van der Waals surface area contributed by atoms with Gasteiger partial charge in [0.15, 0.2) is 0 Å². The van der Waals surface area contributed by atoms with Crippen LogP contribution in [-0.4, -0.2) is 36.5 Å². The van der Waals surface area contributed by atoms with Gasteiger partial charge in [0.05, 0.1) is 5.92 Å². The van der Waals surface area contributed by atoms with Gasteiger partial charge in [0.25, 0.3) is 0 Å². The number of esters is 1. The summed E-state index contributed by atoms with van der Waals surface area (Å²) in [7, 11) is -5.97. The minimum atomic E-state index is -5.97. The van der Waals surface area contributed by atoms with Crippen molar-refractivity contribution in [2.75, 3.05) is 0 Å². The van der Waals surface area contributed by atoms with Gasteiger partial charge in [0.1, 0.15) is 6.10 Å². The lowest BCUT2D eigenvalue weighted by atomic mass is 9.87. The minimum absolute atomic E-state index is 0.308. The molecule has 0 aromatic rings. The molecule has 0 amide bonds. The first kappa shape index (κ1) is 17.1. The van der Waals surface area contributed by atoms with Gasteiger partial charge in [-0.2, -0.15) is 30.4 Å². The van der Waals surface area contributed by atoms with Gasteiger partial charge in [0.2, 0.25) is 0 Å². The molecule has 1 N–H and O–H groups in total. The molecule has 0 aromatic heterocycles. The molecule has 0 spiro atoms. The molecule has 1 aliphatic carbocycles. The number of carbonyl (C=O) groups excluding carboxylic acids is 1. The first-order valence-corrected chi connectivity index (χ1v) is 6.92. The quantitative estimate of drug-likeness (QED) is 0.488. The molecule has 11 heteroatoms. The van der Waals surface area contributed by atoms with Gasteiger partial charge in [-0.25, -0.2) is 4.79 Å². The third-order valence-corrected chi connectivity index (χ3v) is 3.79. The Labute approximate surface area is 110 Å². The van der Waals surface area contributed by atoms with Crippen molar-refractivity contribution in [3.05, 3.63) is 0 Å². The van der Waals surface area contributed by atoms with Crippen LogP contribution in [0.4, 0.5) is 22.0 Å². The van der Waals surface area contributed by atoms with Gasteiger partial charge in [-0.05, 0) is 25.7 Å². The monoisotopic (exact) mass is 326 g/mol. The fraction of sp³-hybridized carbons (Fsp3) is 0.889. The van der Waals surface area contributed by atoms with Crippen LogP contribution in [0.5, 0.6) is 0 Å². The van der Waals surface area contributed by atoms with E-state index in [1.165, 1.54) is 0 Å². The lowest BCUT2D eigenvalue weighted by Crippen LogP contribution is -2.41. The molecular formula is C9H11F5O5S. The van der Waals surface area contributed by atoms with Crippen molar-refractivity contribution in [3.8, 4) is 0 Å². The number of rotatable bonds is 3. The summed E-state index contributed by atoms with van der Waals surface area (Å²) in [6.07, 6.45) is -7.06. The highest BCUT2D eigenvalue weighted by molar-refractivity contribution is 7.87. The van der Waals surface area contributed by atoms with Crippen LogP contribution in [0.1, 0.15) is 25.7 Å². The third-order valence-electron chi connectivity index (χ3n) is 2.97. The molecule has 0 radical (unpaired) electrons. The molecule has 0 heterocycles. The van der Waals surface area contributed by atoms with Gasteiger partial charge in [-0.1, -0.05) is 0 Å². The Balaban J connectivity index is 2.59. The van der Waals surface area contributed by atoms with Gasteiger partial charge in [0, 0.05) is 0 Å². The molecule has 1 rings (SSSR count). The number of carbonyl (C=O) groups is 1. The molecule has 1 saturated carbocycles. The Morgan fingerprint density at radius 3 is 1.85 bits per heavy atom. The van der Waals surface area contributed by atoms with Gasteiger partial charge >= 0.3 is 27.5 Å². The van der Waals surface area contributed by atoms with Crippen molar-refractivity contribution in [3.63, 3.8) is 0 Å². The summed E-state index contributed by atoms with van der Waals surface area (Å²) >= 11 is 0. The summed E-state index contributed by atoms with van der Waals surface area (Å²) in [4.78, 5) is 10.9. The van der Waals surface area contributed by atoms with Crippen LogP contribution in [0.15, 0.2) is 0 Å². The van der Waals surface area contributed by atoms with E-state index in [1.54, 1.807) is 0 Å². The van der Waals surface area contributed by atoms with Gasteiger partial charge in [-0.3, -0.25) is 4.55 Å². The average molecular weight is 326 g/mol. The molecule has 0 atom stereocenters. The van der Waals surface area contributed by atoms with Crippen molar-refractivity contribution in [2.24, 2.45) is 5.92 Å². The molecular weight excluding hydrogens is 315 g/mol. The van der Waals surface area contributed by atoms with Gasteiger partial charge in [-0.15, -0.1) is 0 Å². The summed E-state index contributed by atoms with van der Waals surface area (Å²) in [5, 5.41) is -5.13. The zero-order chi connectivity index (χ0) is 15.8. The zero-order valence-corrected chi connectivity index (χ0v) is 10.7. The molecule has 1 fully saturated rings. The van der Waals surface area contributed by atoms with Crippen LogP contribution in [0.2, 0.25) is 0 Å². The fourth-order valence-corrected chi connectivity index (χ4v) is 2.09. The summed E-state index contributed by atoms with van der Waals surface area (Å²) < 4.78 is 95.6. The van der Waals surface area contributed by atoms with Crippen LogP contribution in [0.25, 0.3) is 0 Å². The highest BCUT2D eigenvalue weighted by Crippen LogP contribution is 2.38. The maximum absolute atomic E-state index is 12.9. The van der Waals surface area contributed by atoms with Crippen molar-refractivity contribution in [1.82, 2.24) is 0 Å². The van der Waals surface area contributed by atoms with Crippen LogP contribution < -0.4 is 0 Å². The molecule has 20 heavy (non-hydrogen) atoms. The Kier molecular flexibility index (Phi) is 4.64. The van der Waals surface area contributed by atoms with Crippen molar-refractivity contribution in [2.45, 2.75) is 43.2 Å². The lowest BCUT2D eigenvalue weighted by molar-refractivity contribution is -0.191. The van der Waals surface area contributed by atoms with Crippen LogP contribution >= 0.6 is 0 Å². The Bertz CT molecular complexity index is 464. The zero-order valence-electron chi connectivity index (χ0n) is 9.86. The predicted molar refractivity (Wildman–Crippen MR) is 54.4 cm³/mol. The minimum Gasteiger partial charge on any atom is -0.457 e. The van der Waals surface area contributed by atoms with E-state index >= 15 is 0 Å². The van der Waals surface area contributed by atoms with E-state index in [4.69, 9.17) is 4.55 Å². The maximum Gasteiger partial charge on any atom is 0.465 e. The predicted octanol–water partition coefficient (Wildman–Crippen LogP) is 2.13. The number of hydrogen-bond donors (Lipinski definition) is 1. The SMILES string of the molecule is O=C(OC1CCC(C(F)(F)F)CC1)C(F)(F)S(=O)(=O)O. The summed E-state index contributed by atoms with van der Waals surface area (Å²) in [5.74, 6) is -4.09. The normalized spacial score (nSPS) is 25.3. The van der Waals surface area contributed by atoms with Crippen molar-refractivity contribution in [1.29, 1.82) is 0 Å². The van der Waals surface area contributed by atoms with Gasteiger partial charge < -0.3 is 4.74 Å². The van der Waals surface area contributed by atoms with Crippen LogP contribution in [0, 0.1) is 5.92 Å². The van der Waals surface area contributed by atoms with E-state index in [-0.39, 0.29) is 12.8 Å². The molecule has 5 nitrogen and oxygen atoms in total. The van der Waals surface area contributed by atoms with E-state index in [1.807, 2.05) is 0 Å². The van der Waals surface area contributed by atoms with E-state index in [2.05, 4.69) is 4.74 Å². The summed E-state index contributed by atoms with van der Waals surface area (Å²) in [6, 6.07) is 0. The second-order valence-electron chi connectivity index (χ2n) is 4.41. The smallest absolute Gasteiger partial charge is 0.457 e. The van der Waals surface area contributed by atoms with E-state index in [9.17, 15) is 35.2 Å². The van der Waals surface area contributed by atoms with Crippen molar-refractivity contribution < 1.29 is 44.5 Å². The standard InChI is InChI=1S/C9H11F5O5S/c10-8(11,12)5-1-3-6(4-2-5)19-7(15)9(13,14)20(16,17)18/h5-6H,1-4H2,(H,16,17,18). The highest BCUT2D eigenvalue weighted by Gasteiger charge is 2.55. The topological polar surface area (TPSA) is 80.7 Å². The Morgan fingerprint density at radius 1 is 1.05 bits per heavy atom. The van der Waals surface area contributed by atoms with E-state index < -0.39 is 52.4 Å². The molecule has 0 aromatic carbocycles. The first-order chi connectivity index (χ1) is 8.85. The summed E-state index contributed by atoms with van der Waals surface area (Å²) in [5.41, 5.74) is 0. The van der Waals surface area contributed by atoms with Crippen LogP contribution in [0.3, 0.4) is 0 Å². The average Bonchev–Trinajstić information content (AvgIpc) is 2.26. The van der Waals surface area contributed by atoms with E-state index in [0.29, 0.717) is 0 Å². The largest absolute Gasteiger partial charge is 0.465 e. The fourth-order valence-electron chi connectivity index (χ4n) is 1.83. The number of halogens is 5. The molecule has 118 valence electrons. The highest BCUT2D eigenvalue weighted by atomic mass is 32.2. The third kappa shape index (κ3) is 3.78. The number of hydrogen-bond acceptors (Lipinski definition) is 4. The number of alkyl halides is 5. The second kappa shape index (κ2) is 5.43. The second-order valence-corrected chi connectivity index (χ2v) is 5.88. The molecule has 0 bridgehead atoms.